The maximum absolute atomic E-state index is 13.1. The highest BCUT2D eigenvalue weighted by Crippen LogP contribution is 2.53. The van der Waals surface area contributed by atoms with Gasteiger partial charge in [0.2, 0.25) is 15.9 Å². The minimum atomic E-state index is -4.81. The number of sulfonamides is 1. The lowest BCUT2D eigenvalue weighted by Gasteiger charge is -2.43. The molecule has 1 amide bonds. The van der Waals surface area contributed by atoms with Crippen LogP contribution in [0.25, 0.3) is 0 Å². The smallest absolute Gasteiger partial charge is 0.406 e. The molecule has 10 nitrogen and oxygen atoms in total. The second kappa shape index (κ2) is 9.48. The van der Waals surface area contributed by atoms with Gasteiger partial charge in [0.25, 0.3) is 0 Å². The van der Waals surface area contributed by atoms with Crippen molar-refractivity contribution in [1.82, 2.24) is 23.7 Å². The number of alkyl halides is 3. The summed E-state index contributed by atoms with van der Waals surface area (Å²) >= 11 is 0. The second-order valence-corrected chi connectivity index (χ2v) is 12.0. The standard InChI is InChI=1S/C23H28F3N5O5S/c1-28-13-21(27-14-28)35-22(32)30(7-15-4-3-5-17(6-15)36-23(24,25)26)12-20-18-10-29(11-19(18)20)16-8-31(9-16)37(2,33)34/h3-6,13-14,16,18-20H,7-12H2,1-2H3. The maximum Gasteiger partial charge on any atom is 0.573 e. The predicted octanol–water partition coefficient (Wildman–Crippen LogP) is 2.14. The fraction of sp³-hybridized carbons (Fsp3) is 0.565. The number of carbonyl (C=O) groups is 1. The second-order valence-electron chi connectivity index (χ2n) is 10.0. The van der Waals surface area contributed by atoms with Crippen LogP contribution in [0.5, 0.6) is 11.6 Å². The molecule has 0 spiro atoms. The quantitative estimate of drug-likeness (QED) is 0.503. The van der Waals surface area contributed by atoms with Crippen molar-refractivity contribution in [3.05, 3.63) is 42.4 Å². The van der Waals surface area contributed by atoms with Gasteiger partial charge in [-0.1, -0.05) is 12.1 Å². The first-order valence-electron chi connectivity index (χ1n) is 11.8. The van der Waals surface area contributed by atoms with Crippen molar-refractivity contribution in [3.8, 4) is 11.6 Å². The monoisotopic (exact) mass is 543 g/mol. The van der Waals surface area contributed by atoms with Gasteiger partial charge < -0.3 is 18.9 Å². The molecule has 2 atom stereocenters. The summed E-state index contributed by atoms with van der Waals surface area (Å²) in [4.78, 5) is 20.9. The summed E-state index contributed by atoms with van der Waals surface area (Å²) in [7, 11) is -1.43. The topological polar surface area (TPSA) is 97.2 Å². The highest BCUT2D eigenvalue weighted by molar-refractivity contribution is 7.88. The Kier molecular flexibility index (Phi) is 6.61. The molecule has 5 rings (SSSR count). The van der Waals surface area contributed by atoms with Crippen molar-refractivity contribution in [2.24, 2.45) is 24.8 Å². The van der Waals surface area contributed by atoms with Gasteiger partial charge in [-0.15, -0.1) is 13.2 Å². The number of benzene rings is 1. The lowest BCUT2D eigenvalue weighted by molar-refractivity contribution is -0.274. The summed E-state index contributed by atoms with van der Waals surface area (Å²) in [5, 5.41) is 0. The molecule has 0 radical (unpaired) electrons. The first-order chi connectivity index (χ1) is 17.4. The summed E-state index contributed by atoms with van der Waals surface area (Å²) in [6, 6.07) is 5.75. The molecular weight excluding hydrogens is 515 g/mol. The zero-order chi connectivity index (χ0) is 26.5. The fourth-order valence-corrected chi connectivity index (χ4v) is 6.17. The molecule has 1 aromatic heterocycles. The average Bonchev–Trinajstić information content (AvgIpc) is 3.06. The Morgan fingerprint density at radius 1 is 1.19 bits per heavy atom. The third kappa shape index (κ3) is 6.02. The van der Waals surface area contributed by atoms with Crippen molar-refractivity contribution >= 4 is 16.1 Å². The van der Waals surface area contributed by atoms with Crippen LogP contribution in [0, 0.1) is 17.8 Å². The molecule has 2 aliphatic heterocycles. The van der Waals surface area contributed by atoms with E-state index in [9.17, 15) is 26.4 Å². The normalized spacial score (nSPS) is 24.4. The van der Waals surface area contributed by atoms with E-state index in [-0.39, 0.29) is 30.1 Å². The SMILES string of the molecule is Cn1cnc(OC(=O)N(Cc2cccc(OC(F)(F)F)c2)CC2C3CN(C4CN(S(C)(=O)=O)C4)CC23)c1. The molecule has 3 fully saturated rings. The van der Waals surface area contributed by atoms with Gasteiger partial charge in [-0.3, -0.25) is 4.90 Å². The first-order valence-corrected chi connectivity index (χ1v) is 13.7. The number of hydrogen-bond donors (Lipinski definition) is 0. The number of aromatic nitrogens is 2. The molecule has 2 saturated heterocycles. The Labute approximate surface area is 212 Å². The van der Waals surface area contributed by atoms with Crippen LogP contribution in [0.4, 0.5) is 18.0 Å². The highest BCUT2D eigenvalue weighted by atomic mass is 32.2. The summed E-state index contributed by atoms with van der Waals surface area (Å²) in [6.45, 7) is 3.10. The van der Waals surface area contributed by atoms with Crippen LogP contribution in [-0.2, 0) is 23.6 Å². The molecule has 3 aliphatic rings. The number of carbonyl (C=O) groups excluding carboxylic acids is 1. The predicted molar refractivity (Wildman–Crippen MR) is 125 cm³/mol. The molecule has 1 aromatic carbocycles. The van der Waals surface area contributed by atoms with Crippen LogP contribution in [0.2, 0.25) is 0 Å². The molecule has 2 aromatic rings. The molecular formula is C23H28F3N5O5S. The van der Waals surface area contributed by atoms with Gasteiger partial charge in [0.1, 0.15) is 5.75 Å². The molecule has 37 heavy (non-hydrogen) atoms. The highest BCUT2D eigenvalue weighted by Gasteiger charge is 2.58. The summed E-state index contributed by atoms with van der Waals surface area (Å²) in [6.07, 6.45) is -1.19. The molecule has 1 saturated carbocycles. The van der Waals surface area contributed by atoms with Crippen molar-refractivity contribution in [2.45, 2.75) is 18.9 Å². The molecule has 0 bridgehead atoms. The molecule has 1 aliphatic carbocycles. The van der Waals surface area contributed by atoms with E-state index in [2.05, 4.69) is 14.6 Å². The van der Waals surface area contributed by atoms with E-state index < -0.39 is 22.5 Å². The van der Waals surface area contributed by atoms with E-state index in [0.29, 0.717) is 37.0 Å². The lowest BCUT2D eigenvalue weighted by Crippen LogP contribution is -2.60. The Bertz CT molecular complexity index is 1250. The number of rotatable bonds is 8. The number of hydrogen-bond acceptors (Lipinski definition) is 7. The van der Waals surface area contributed by atoms with Crippen molar-refractivity contribution in [3.63, 3.8) is 0 Å². The van der Waals surface area contributed by atoms with E-state index in [1.807, 2.05) is 0 Å². The molecule has 202 valence electrons. The van der Waals surface area contributed by atoms with Gasteiger partial charge >= 0.3 is 12.5 Å². The number of aryl methyl sites for hydroxylation is 1. The minimum Gasteiger partial charge on any atom is -0.406 e. The number of piperidine rings is 1. The van der Waals surface area contributed by atoms with Crippen LogP contribution in [-0.4, -0.2) is 89.6 Å². The molecule has 0 N–H and O–H groups in total. The van der Waals surface area contributed by atoms with Gasteiger partial charge in [0, 0.05) is 52.4 Å². The van der Waals surface area contributed by atoms with E-state index in [0.717, 1.165) is 13.1 Å². The number of fused-ring (bicyclic) bond motifs is 1. The molecule has 14 heteroatoms. The van der Waals surface area contributed by atoms with Gasteiger partial charge in [-0.25, -0.2) is 18.2 Å². The van der Waals surface area contributed by atoms with Crippen LogP contribution in [0.3, 0.4) is 0 Å². The van der Waals surface area contributed by atoms with Crippen molar-refractivity contribution < 1.29 is 35.9 Å². The van der Waals surface area contributed by atoms with Crippen LogP contribution in [0.1, 0.15) is 5.56 Å². The van der Waals surface area contributed by atoms with E-state index >= 15 is 0 Å². The third-order valence-electron chi connectivity index (χ3n) is 7.28. The number of imidazole rings is 1. The Hall–Kier alpha value is -2.84. The van der Waals surface area contributed by atoms with Crippen LogP contribution >= 0.6 is 0 Å². The van der Waals surface area contributed by atoms with Gasteiger partial charge in [0.05, 0.1) is 18.8 Å². The zero-order valence-electron chi connectivity index (χ0n) is 20.3. The average molecular weight is 544 g/mol. The minimum absolute atomic E-state index is 0.0479. The van der Waals surface area contributed by atoms with Gasteiger partial charge in [-0.2, -0.15) is 4.31 Å². The first kappa shape index (κ1) is 25.8. The number of likely N-dealkylation sites (tertiary alicyclic amines) is 1. The lowest BCUT2D eigenvalue weighted by atomic mass is 10.1. The summed E-state index contributed by atoms with van der Waals surface area (Å²) in [5.74, 6) is 0.753. The Balaban J connectivity index is 1.22. The maximum atomic E-state index is 13.1. The number of halogens is 3. The van der Waals surface area contributed by atoms with Crippen LogP contribution in [0.15, 0.2) is 36.8 Å². The van der Waals surface area contributed by atoms with E-state index in [1.54, 1.807) is 23.9 Å². The van der Waals surface area contributed by atoms with Crippen molar-refractivity contribution in [2.75, 3.05) is 39.0 Å². The zero-order valence-corrected chi connectivity index (χ0v) is 21.2. The van der Waals surface area contributed by atoms with Crippen molar-refractivity contribution in [1.29, 1.82) is 0 Å². The van der Waals surface area contributed by atoms with Gasteiger partial charge in [-0.05, 0) is 35.4 Å². The number of ether oxygens (including phenoxy) is 2. The molecule has 3 heterocycles. The summed E-state index contributed by atoms with van der Waals surface area (Å²) < 4.78 is 73.8. The van der Waals surface area contributed by atoms with Crippen LogP contribution < -0.4 is 9.47 Å². The van der Waals surface area contributed by atoms with E-state index in [1.165, 1.54) is 40.0 Å². The summed E-state index contributed by atoms with van der Waals surface area (Å²) in [5.41, 5.74) is 0.475. The molecule has 2 unspecified atom stereocenters. The number of amides is 1. The number of nitrogens with zero attached hydrogens (tertiary/aromatic N) is 5. The Morgan fingerprint density at radius 2 is 1.89 bits per heavy atom. The van der Waals surface area contributed by atoms with Gasteiger partial charge in [0.15, 0.2) is 0 Å². The fourth-order valence-electron chi connectivity index (χ4n) is 5.28. The van der Waals surface area contributed by atoms with E-state index in [4.69, 9.17) is 4.74 Å². The third-order valence-corrected chi connectivity index (χ3v) is 8.52. The Morgan fingerprint density at radius 3 is 2.49 bits per heavy atom. The largest absolute Gasteiger partial charge is 0.573 e.